The zero-order valence-electron chi connectivity index (χ0n) is 16.8. The highest BCUT2D eigenvalue weighted by atomic mass is 19.4. The Balaban J connectivity index is 2.02. The number of nitrogens with zero attached hydrogens (tertiary/aromatic N) is 1. The minimum atomic E-state index is -4.39. The van der Waals surface area contributed by atoms with Crippen LogP contribution in [0.4, 0.5) is 30.2 Å². The van der Waals surface area contributed by atoms with E-state index in [2.05, 4.69) is 36.4 Å². The van der Waals surface area contributed by atoms with E-state index >= 15 is 0 Å². The maximum absolute atomic E-state index is 13.4. The fraction of sp³-hybridized carbons (Fsp3) is 0.455. The zero-order valence-corrected chi connectivity index (χ0v) is 16.8. The molecule has 1 heterocycles. The van der Waals surface area contributed by atoms with E-state index in [1.54, 1.807) is 6.07 Å². The zero-order chi connectivity index (χ0) is 20.5. The summed E-state index contributed by atoms with van der Waals surface area (Å²) in [6, 6.07) is 9.56. The van der Waals surface area contributed by atoms with Crippen molar-refractivity contribution in [3.05, 3.63) is 53.1 Å². The Hall–Kier alpha value is -2.21. The summed E-state index contributed by atoms with van der Waals surface area (Å²) in [6.07, 6.45) is -4.39. The largest absolute Gasteiger partial charge is 0.418 e. The monoisotopic (exact) mass is 391 g/mol. The number of halogens is 3. The molecule has 0 radical (unpaired) electrons. The van der Waals surface area contributed by atoms with Gasteiger partial charge in [-0.1, -0.05) is 26.0 Å². The summed E-state index contributed by atoms with van der Waals surface area (Å²) in [7, 11) is 2.08. The number of hydrogen-bond acceptors (Lipinski definition) is 3. The molecule has 0 aromatic heterocycles. The van der Waals surface area contributed by atoms with Crippen molar-refractivity contribution in [1.29, 1.82) is 0 Å². The smallest absolute Gasteiger partial charge is 0.374 e. The molecule has 2 aromatic carbocycles. The Morgan fingerprint density at radius 1 is 1.18 bits per heavy atom. The van der Waals surface area contributed by atoms with Crippen LogP contribution in [0, 0.1) is 12.8 Å². The summed E-state index contributed by atoms with van der Waals surface area (Å²) < 4.78 is 40.1. The molecule has 0 fully saturated rings. The van der Waals surface area contributed by atoms with Crippen LogP contribution in [-0.4, -0.2) is 26.7 Å². The van der Waals surface area contributed by atoms with Crippen molar-refractivity contribution in [3.8, 4) is 0 Å². The van der Waals surface area contributed by atoms with Gasteiger partial charge in [0.1, 0.15) is 0 Å². The molecule has 2 N–H and O–H groups in total. The molecule has 1 aliphatic rings. The molecule has 152 valence electrons. The van der Waals surface area contributed by atoms with Crippen LogP contribution in [0.1, 0.15) is 36.5 Å². The molecule has 2 aromatic rings. The summed E-state index contributed by atoms with van der Waals surface area (Å²) in [5.74, 6) is 0.776. The van der Waals surface area contributed by atoms with E-state index in [4.69, 9.17) is 0 Å². The Morgan fingerprint density at radius 2 is 1.89 bits per heavy atom. The molecule has 6 heteroatoms. The minimum absolute atomic E-state index is 0.0785. The molecule has 0 saturated heterocycles. The Morgan fingerprint density at radius 3 is 2.57 bits per heavy atom. The van der Waals surface area contributed by atoms with E-state index in [0.29, 0.717) is 17.5 Å². The molecule has 2 atom stereocenters. The van der Waals surface area contributed by atoms with Gasteiger partial charge < -0.3 is 15.5 Å². The van der Waals surface area contributed by atoms with E-state index in [-0.39, 0.29) is 5.69 Å². The van der Waals surface area contributed by atoms with Crippen LogP contribution in [0.2, 0.25) is 0 Å². The predicted molar refractivity (Wildman–Crippen MR) is 110 cm³/mol. The standard InChI is InChI=1S/C22H28F3N3/c1-5-26-12-18-15(3)13-28(4)21-14(2)10-16(11-17(18)21)27-20-9-7-6-8-19(20)22(23,24)25/h6-11,15,18,26-27H,5,12-13H2,1-4H3. The average molecular weight is 391 g/mol. The first-order chi connectivity index (χ1) is 13.2. The Kier molecular flexibility index (Phi) is 5.89. The second-order valence-corrected chi connectivity index (χ2v) is 7.67. The summed E-state index contributed by atoms with van der Waals surface area (Å²) in [4.78, 5) is 2.26. The summed E-state index contributed by atoms with van der Waals surface area (Å²) in [5, 5.41) is 6.45. The molecule has 28 heavy (non-hydrogen) atoms. The molecule has 0 bridgehead atoms. The molecule has 3 rings (SSSR count). The average Bonchev–Trinajstić information content (AvgIpc) is 2.60. The van der Waals surface area contributed by atoms with Crippen molar-refractivity contribution in [2.24, 2.45) is 5.92 Å². The number of aryl methyl sites for hydroxylation is 1. The van der Waals surface area contributed by atoms with Crippen molar-refractivity contribution in [3.63, 3.8) is 0 Å². The summed E-state index contributed by atoms with van der Waals surface area (Å²) >= 11 is 0. The lowest BCUT2D eigenvalue weighted by molar-refractivity contribution is -0.136. The van der Waals surface area contributed by atoms with Crippen LogP contribution >= 0.6 is 0 Å². The van der Waals surface area contributed by atoms with Gasteiger partial charge >= 0.3 is 6.18 Å². The summed E-state index contributed by atoms with van der Waals surface area (Å²) in [5.41, 5.74) is 3.57. The van der Waals surface area contributed by atoms with E-state index in [0.717, 1.165) is 31.3 Å². The number of fused-ring (bicyclic) bond motifs is 1. The van der Waals surface area contributed by atoms with Gasteiger partial charge in [0, 0.05) is 37.4 Å². The lowest BCUT2D eigenvalue weighted by atomic mass is 9.81. The quantitative estimate of drug-likeness (QED) is 0.701. The normalized spacial score (nSPS) is 19.5. The van der Waals surface area contributed by atoms with E-state index in [1.165, 1.54) is 23.4 Å². The molecule has 2 unspecified atom stereocenters. The van der Waals surface area contributed by atoms with Crippen molar-refractivity contribution < 1.29 is 13.2 Å². The number of benzene rings is 2. The highest BCUT2D eigenvalue weighted by Crippen LogP contribution is 2.42. The molecule has 0 amide bonds. The van der Waals surface area contributed by atoms with Crippen LogP contribution < -0.4 is 15.5 Å². The van der Waals surface area contributed by atoms with Crippen LogP contribution in [0.25, 0.3) is 0 Å². The molecular weight excluding hydrogens is 363 g/mol. The van der Waals surface area contributed by atoms with Gasteiger partial charge in [0.15, 0.2) is 0 Å². The molecular formula is C22H28F3N3. The third kappa shape index (κ3) is 4.12. The third-order valence-corrected chi connectivity index (χ3v) is 5.49. The maximum atomic E-state index is 13.4. The third-order valence-electron chi connectivity index (χ3n) is 5.49. The second kappa shape index (κ2) is 8.03. The van der Waals surface area contributed by atoms with E-state index < -0.39 is 11.7 Å². The first-order valence-electron chi connectivity index (χ1n) is 9.72. The SMILES string of the molecule is CCNCC1c2cc(Nc3ccccc3C(F)(F)F)cc(C)c2N(C)CC1C. The fourth-order valence-electron chi connectivity index (χ4n) is 4.25. The van der Waals surface area contributed by atoms with Crippen molar-refractivity contribution >= 4 is 17.1 Å². The topological polar surface area (TPSA) is 27.3 Å². The van der Waals surface area contributed by atoms with Gasteiger partial charge in [-0.05, 0) is 54.8 Å². The number of rotatable bonds is 5. The van der Waals surface area contributed by atoms with Crippen LogP contribution in [-0.2, 0) is 6.18 Å². The van der Waals surface area contributed by atoms with Gasteiger partial charge in [-0.15, -0.1) is 0 Å². The predicted octanol–water partition coefficient (Wildman–Crippen LogP) is 5.54. The fourth-order valence-corrected chi connectivity index (χ4v) is 4.25. The second-order valence-electron chi connectivity index (χ2n) is 7.67. The number of alkyl halides is 3. The number of anilines is 3. The van der Waals surface area contributed by atoms with Gasteiger partial charge in [-0.25, -0.2) is 0 Å². The highest BCUT2D eigenvalue weighted by molar-refractivity contribution is 5.72. The number of hydrogen-bond donors (Lipinski definition) is 2. The van der Waals surface area contributed by atoms with Crippen molar-refractivity contribution in [2.45, 2.75) is 32.9 Å². The van der Waals surface area contributed by atoms with Gasteiger partial charge in [0.25, 0.3) is 0 Å². The minimum Gasteiger partial charge on any atom is -0.374 e. The van der Waals surface area contributed by atoms with Gasteiger partial charge in [-0.3, -0.25) is 0 Å². The first-order valence-corrected chi connectivity index (χ1v) is 9.72. The molecule has 0 aliphatic carbocycles. The molecule has 0 spiro atoms. The van der Waals surface area contributed by atoms with Crippen LogP contribution in [0.15, 0.2) is 36.4 Å². The van der Waals surface area contributed by atoms with Gasteiger partial charge in [-0.2, -0.15) is 13.2 Å². The lowest BCUT2D eigenvalue weighted by Crippen LogP contribution is -2.38. The van der Waals surface area contributed by atoms with Gasteiger partial charge in [0.05, 0.1) is 11.3 Å². The maximum Gasteiger partial charge on any atom is 0.418 e. The van der Waals surface area contributed by atoms with Crippen LogP contribution in [0.5, 0.6) is 0 Å². The molecule has 3 nitrogen and oxygen atoms in total. The molecule has 0 saturated carbocycles. The lowest BCUT2D eigenvalue weighted by Gasteiger charge is -2.39. The van der Waals surface area contributed by atoms with E-state index in [1.807, 2.05) is 19.1 Å². The highest BCUT2D eigenvalue weighted by Gasteiger charge is 2.34. The summed E-state index contributed by atoms with van der Waals surface area (Å²) in [6.45, 7) is 9.06. The van der Waals surface area contributed by atoms with Crippen molar-refractivity contribution in [1.82, 2.24) is 5.32 Å². The molecule has 1 aliphatic heterocycles. The van der Waals surface area contributed by atoms with Gasteiger partial charge in [0.2, 0.25) is 0 Å². The number of para-hydroxylation sites is 1. The first kappa shape index (κ1) is 20.5. The number of likely N-dealkylation sites (N-methyl/N-ethyl adjacent to an activating group) is 1. The number of nitrogens with one attached hydrogen (secondary N) is 2. The Bertz CT molecular complexity index is 832. The van der Waals surface area contributed by atoms with Crippen LogP contribution in [0.3, 0.4) is 0 Å². The van der Waals surface area contributed by atoms with E-state index in [9.17, 15) is 13.2 Å². The van der Waals surface area contributed by atoms with Crippen molar-refractivity contribution in [2.75, 3.05) is 36.9 Å². The Labute approximate surface area is 164 Å².